The van der Waals surface area contributed by atoms with Gasteiger partial charge in [-0.25, -0.2) is 13.8 Å². The summed E-state index contributed by atoms with van der Waals surface area (Å²) in [7, 11) is 0. The van der Waals surface area contributed by atoms with Crippen LogP contribution in [0.2, 0.25) is 0 Å². The zero-order chi connectivity index (χ0) is 18.9. The molecule has 3 nitrogen and oxygen atoms in total. The second kappa shape index (κ2) is 7.39. The molecule has 142 valence electrons. The lowest BCUT2D eigenvalue weighted by molar-refractivity contribution is -0.0552. The van der Waals surface area contributed by atoms with Crippen molar-refractivity contribution in [1.29, 1.82) is 0 Å². The Bertz CT molecular complexity index is 922. The van der Waals surface area contributed by atoms with E-state index in [0.717, 1.165) is 41.9 Å². The zero-order valence-electron chi connectivity index (χ0n) is 15.7. The van der Waals surface area contributed by atoms with E-state index >= 15 is 0 Å². The van der Waals surface area contributed by atoms with Gasteiger partial charge in [-0.3, -0.25) is 0 Å². The number of halogens is 2. The highest BCUT2D eigenvalue weighted by Crippen LogP contribution is 2.28. The van der Waals surface area contributed by atoms with Crippen molar-refractivity contribution in [3.63, 3.8) is 0 Å². The van der Waals surface area contributed by atoms with Crippen molar-refractivity contribution in [2.75, 3.05) is 19.6 Å². The molecule has 0 radical (unpaired) electrons. The Morgan fingerprint density at radius 1 is 1.00 bits per heavy atom. The van der Waals surface area contributed by atoms with Crippen molar-refractivity contribution in [2.24, 2.45) is 0 Å². The van der Waals surface area contributed by atoms with Gasteiger partial charge in [-0.1, -0.05) is 35.9 Å². The number of imidazole rings is 1. The largest absolute Gasteiger partial charge is 0.324 e. The molecule has 1 aliphatic rings. The summed E-state index contributed by atoms with van der Waals surface area (Å²) in [6.45, 7) is 4.74. The lowest BCUT2D eigenvalue weighted by Crippen LogP contribution is -2.39. The van der Waals surface area contributed by atoms with Gasteiger partial charge >= 0.3 is 0 Å². The smallest absolute Gasteiger partial charge is 0.250 e. The van der Waals surface area contributed by atoms with Gasteiger partial charge in [0.05, 0.1) is 11.0 Å². The van der Waals surface area contributed by atoms with Crippen LogP contribution in [0.5, 0.6) is 0 Å². The fourth-order valence-corrected chi connectivity index (χ4v) is 3.86. The van der Waals surface area contributed by atoms with Gasteiger partial charge in [-0.05, 0) is 38.1 Å². The molecule has 0 bridgehead atoms. The molecule has 0 spiro atoms. The number of fused-ring (bicyclic) bond motifs is 1. The van der Waals surface area contributed by atoms with Crippen molar-refractivity contribution < 1.29 is 8.78 Å². The van der Waals surface area contributed by atoms with Crippen LogP contribution in [0.4, 0.5) is 8.78 Å². The summed E-state index contributed by atoms with van der Waals surface area (Å²) >= 11 is 0. The number of aryl methyl sites for hydroxylation is 2. The molecule has 1 fully saturated rings. The van der Waals surface area contributed by atoms with Crippen LogP contribution in [0.1, 0.15) is 24.8 Å². The van der Waals surface area contributed by atoms with E-state index in [9.17, 15) is 8.78 Å². The van der Waals surface area contributed by atoms with E-state index < -0.39 is 5.92 Å². The predicted octanol–water partition coefficient (Wildman–Crippen LogP) is 5.13. The molecule has 5 heteroatoms. The van der Waals surface area contributed by atoms with Crippen LogP contribution in [-0.4, -0.2) is 40.0 Å². The third kappa shape index (κ3) is 4.03. The van der Waals surface area contributed by atoms with E-state index in [2.05, 4.69) is 46.7 Å². The van der Waals surface area contributed by atoms with Gasteiger partial charge in [0.2, 0.25) is 0 Å². The normalized spacial score (nSPS) is 17.4. The zero-order valence-corrected chi connectivity index (χ0v) is 15.7. The Kier molecular flexibility index (Phi) is 4.96. The molecule has 0 amide bonds. The number of rotatable bonds is 5. The third-order valence-corrected chi connectivity index (χ3v) is 5.37. The molecule has 2 heterocycles. The van der Waals surface area contributed by atoms with Crippen molar-refractivity contribution in [1.82, 2.24) is 14.5 Å². The van der Waals surface area contributed by atoms with Crippen LogP contribution >= 0.6 is 0 Å². The Morgan fingerprint density at radius 3 is 2.56 bits per heavy atom. The van der Waals surface area contributed by atoms with Gasteiger partial charge in [-0.15, -0.1) is 0 Å². The van der Waals surface area contributed by atoms with Crippen LogP contribution in [0, 0.1) is 6.92 Å². The molecule has 0 unspecified atom stereocenters. The van der Waals surface area contributed by atoms with Crippen molar-refractivity contribution in [3.8, 4) is 11.4 Å². The summed E-state index contributed by atoms with van der Waals surface area (Å²) < 4.78 is 28.9. The van der Waals surface area contributed by atoms with Gasteiger partial charge < -0.3 is 9.47 Å². The average Bonchev–Trinajstić information content (AvgIpc) is 3.02. The maximum Gasteiger partial charge on any atom is 0.250 e. The molecule has 0 N–H and O–H groups in total. The van der Waals surface area contributed by atoms with Crippen LogP contribution in [0.25, 0.3) is 22.4 Å². The van der Waals surface area contributed by atoms with Crippen LogP contribution in [0.3, 0.4) is 0 Å². The summed E-state index contributed by atoms with van der Waals surface area (Å²) in [4.78, 5) is 7.01. The molecule has 3 aromatic rings. The molecule has 0 atom stereocenters. The van der Waals surface area contributed by atoms with Crippen LogP contribution in [-0.2, 0) is 6.54 Å². The number of para-hydroxylation sites is 2. The number of hydrogen-bond donors (Lipinski definition) is 0. The molecule has 0 aliphatic carbocycles. The van der Waals surface area contributed by atoms with Gasteiger partial charge in [0.15, 0.2) is 0 Å². The van der Waals surface area contributed by atoms with E-state index in [4.69, 9.17) is 4.98 Å². The Hall–Kier alpha value is -2.27. The Balaban J connectivity index is 1.53. The van der Waals surface area contributed by atoms with E-state index in [1.54, 1.807) is 0 Å². The SMILES string of the molecule is Cc1cccc(-c2nc3ccccc3n2CCCN2CCC(F)(F)CC2)c1. The summed E-state index contributed by atoms with van der Waals surface area (Å²) in [6.07, 6.45) is 0.885. The number of nitrogens with zero attached hydrogens (tertiary/aromatic N) is 3. The number of benzene rings is 2. The second-order valence-electron chi connectivity index (χ2n) is 7.50. The summed E-state index contributed by atoms with van der Waals surface area (Å²) in [6, 6.07) is 16.6. The molecule has 1 aromatic heterocycles. The number of likely N-dealkylation sites (tertiary alicyclic amines) is 1. The molecule has 2 aromatic carbocycles. The number of piperidine rings is 1. The van der Waals surface area contributed by atoms with Gasteiger partial charge in [-0.2, -0.15) is 0 Å². The first-order valence-electron chi connectivity index (χ1n) is 9.64. The molecule has 1 saturated heterocycles. The predicted molar refractivity (Wildman–Crippen MR) is 105 cm³/mol. The number of hydrogen-bond acceptors (Lipinski definition) is 2. The Labute approximate surface area is 158 Å². The Morgan fingerprint density at radius 2 is 1.78 bits per heavy atom. The number of aromatic nitrogens is 2. The third-order valence-electron chi connectivity index (χ3n) is 5.37. The van der Waals surface area contributed by atoms with Gasteiger partial charge in [0.1, 0.15) is 5.82 Å². The number of alkyl halides is 2. The van der Waals surface area contributed by atoms with Crippen molar-refractivity contribution >= 4 is 11.0 Å². The highest BCUT2D eigenvalue weighted by molar-refractivity contribution is 5.80. The standard InChI is InChI=1S/C22H25F2N3/c1-17-6-4-7-18(16-17)21-25-19-8-2-3-9-20(19)27(21)13-5-12-26-14-10-22(23,24)11-15-26/h2-4,6-9,16H,5,10-15H2,1H3. The summed E-state index contributed by atoms with van der Waals surface area (Å²) in [5.41, 5.74) is 4.44. The molecular weight excluding hydrogens is 344 g/mol. The lowest BCUT2D eigenvalue weighted by atomic mass is 10.1. The maximum absolute atomic E-state index is 13.3. The first kappa shape index (κ1) is 18.1. The van der Waals surface area contributed by atoms with E-state index in [1.165, 1.54) is 5.56 Å². The minimum absolute atomic E-state index is 0.0183. The van der Waals surface area contributed by atoms with Gasteiger partial charge in [0, 0.05) is 38.0 Å². The highest BCUT2D eigenvalue weighted by atomic mass is 19.3. The topological polar surface area (TPSA) is 21.1 Å². The minimum atomic E-state index is -2.48. The lowest BCUT2D eigenvalue weighted by Gasteiger charge is -2.31. The molecule has 0 saturated carbocycles. The van der Waals surface area contributed by atoms with Crippen molar-refractivity contribution in [3.05, 3.63) is 54.1 Å². The van der Waals surface area contributed by atoms with E-state index in [0.29, 0.717) is 13.1 Å². The highest BCUT2D eigenvalue weighted by Gasteiger charge is 2.33. The second-order valence-corrected chi connectivity index (χ2v) is 7.50. The van der Waals surface area contributed by atoms with Crippen LogP contribution < -0.4 is 0 Å². The minimum Gasteiger partial charge on any atom is -0.324 e. The summed E-state index contributed by atoms with van der Waals surface area (Å²) in [5.74, 6) is -1.50. The monoisotopic (exact) mass is 369 g/mol. The van der Waals surface area contributed by atoms with Gasteiger partial charge in [0.25, 0.3) is 5.92 Å². The first-order chi connectivity index (χ1) is 13.0. The van der Waals surface area contributed by atoms with E-state index in [1.807, 2.05) is 18.2 Å². The average molecular weight is 369 g/mol. The quantitative estimate of drug-likeness (QED) is 0.621. The maximum atomic E-state index is 13.3. The summed E-state index contributed by atoms with van der Waals surface area (Å²) in [5, 5.41) is 0. The first-order valence-corrected chi connectivity index (χ1v) is 9.64. The van der Waals surface area contributed by atoms with Crippen LogP contribution in [0.15, 0.2) is 48.5 Å². The fraction of sp³-hybridized carbons (Fsp3) is 0.409. The molecule has 4 rings (SSSR count). The molecule has 1 aliphatic heterocycles. The molecule has 27 heavy (non-hydrogen) atoms. The fourth-order valence-electron chi connectivity index (χ4n) is 3.86. The van der Waals surface area contributed by atoms with E-state index in [-0.39, 0.29) is 12.8 Å². The molecular formula is C22H25F2N3. The van der Waals surface area contributed by atoms with Crippen molar-refractivity contribution in [2.45, 2.75) is 38.7 Å².